The maximum absolute atomic E-state index is 11.6. The number of thiazole rings is 1. The topological polar surface area (TPSA) is 70.5 Å². The summed E-state index contributed by atoms with van der Waals surface area (Å²) >= 11 is 1.30. The lowest BCUT2D eigenvalue weighted by molar-refractivity contribution is -0.121. The second kappa shape index (κ2) is 3.53. The number of ketones is 1. The zero-order chi connectivity index (χ0) is 12.0. The van der Waals surface area contributed by atoms with E-state index in [0.29, 0.717) is 5.13 Å². The Morgan fingerprint density at radius 3 is 2.88 bits per heavy atom. The summed E-state index contributed by atoms with van der Waals surface area (Å²) in [4.78, 5) is 28.4. The maximum atomic E-state index is 11.6. The first kappa shape index (κ1) is 10.2. The van der Waals surface area contributed by atoms with Gasteiger partial charge in [-0.25, -0.2) is 4.98 Å². The minimum Gasteiger partial charge on any atom is -0.508 e. The second-order valence-electron chi connectivity index (χ2n) is 3.84. The predicted octanol–water partition coefficient (Wildman–Crippen LogP) is 1.31. The van der Waals surface area contributed by atoms with Gasteiger partial charge in [0.1, 0.15) is 5.75 Å². The molecule has 1 aromatic heterocycles. The number of amides is 1. The summed E-state index contributed by atoms with van der Waals surface area (Å²) < 4.78 is 0.798. The number of phenolic OH excluding ortho intramolecular Hbond substituents is 1. The fourth-order valence-corrected chi connectivity index (χ4v) is 2.79. The Balaban J connectivity index is 2.06. The summed E-state index contributed by atoms with van der Waals surface area (Å²) in [5, 5.41) is 9.86. The van der Waals surface area contributed by atoms with Crippen LogP contribution < -0.4 is 4.90 Å². The van der Waals surface area contributed by atoms with Crippen molar-refractivity contribution in [3.8, 4) is 5.75 Å². The van der Waals surface area contributed by atoms with Crippen LogP contribution in [-0.4, -0.2) is 28.3 Å². The Kier molecular flexibility index (Phi) is 2.12. The molecule has 0 unspecified atom stereocenters. The monoisotopic (exact) mass is 248 g/mol. The van der Waals surface area contributed by atoms with Crippen LogP contribution in [0.15, 0.2) is 18.2 Å². The van der Waals surface area contributed by atoms with E-state index in [9.17, 15) is 14.7 Å². The molecule has 0 bridgehead atoms. The maximum Gasteiger partial charge on any atom is 0.236 e. The number of rotatable bonds is 1. The van der Waals surface area contributed by atoms with Crippen molar-refractivity contribution in [2.45, 2.75) is 6.42 Å². The van der Waals surface area contributed by atoms with Crippen LogP contribution in [0.4, 0.5) is 5.13 Å². The SMILES string of the molecule is O=C1CC(=O)N(c2nc3ccc(O)cc3s2)C1. The van der Waals surface area contributed by atoms with Crippen LogP contribution in [0, 0.1) is 0 Å². The summed E-state index contributed by atoms with van der Waals surface area (Å²) in [7, 11) is 0. The van der Waals surface area contributed by atoms with E-state index in [4.69, 9.17) is 0 Å². The van der Waals surface area contributed by atoms with E-state index in [1.54, 1.807) is 18.2 Å². The molecule has 0 radical (unpaired) electrons. The minimum atomic E-state index is -0.210. The average Bonchev–Trinajstić information content (AvgIpc) is 2.80. The third kappa shape index (κ3) is 1.66. The molecule has 1 aromatic carbocycles. The molecule has 1 N–H and O–H groups in total. The fraction of sp³-hybridized carbons (Fsp3) is 0.182. The van der Waals surface area contributed by atoms with Crippen molar-refractivity contribution in [1.82, 2.24) is 4.98 Å². The lowest BCUT2D eigenvalue weighted by Gasteiger charge is -2.08. The Hall–Kier alpha value is -1.95. The van der Waals surface area contributed by atoms with Gasteiger partial charge in [-0.05, 0) is 18.2 Å². The molecule has 3 rings (SSSR count). The molecule has 0 atom stereocenters. The number of Topliss-reactive ketones (excluding diaryl/α,β-unsaturated/α-hetero) is 1. The smallest absolute Gasteiger partial charge is 0.236 e. The first-order valence-corrected chi connectivity index (χ1v) is 5.87. The Morgan fingerprint density at radius 1 is 1.35 bits per heavy atom. The second-order valence-corrected chi connectivity index (χ2v) is 4.85. The number of phenols is 1. The molecule has 2 aromatic rings. The molecular weight excluding hydrogens is 240 g/mol. The molecular formula is C11H8N2O3S. The van der Waals surface area contributed by atoms with Crippen molar-refractivity contribution >= 4 is 38.4 Å². The number of benzene rings is 1. The van der Waals surface area contributed by atoms with E-state index in [1.165, 1.54) is 16.2 Å². The number of hydrogen-bond acceptors (Lipinski definition) is 5. The minimum absolute atomic E-state index is 0.0405. The molecule has 1 aliphatic rings. The normalized spacial score (nSPS) is 16.1. The van der Waals surface area contributed by atoms with Gasteiger partial charge in [-0.1, -0.05) is 11.3 Å². The molecule has 6 heteroatoms. The Morgan fingerprint density at radius 2 is 2.18 bits per heavy atom. The third-order valence-corrected chi connectivity index (χ3v) is 3.62. The Bertz CT molecular complexity index is 635. The molecule has 0 aliphatic carbocycles. The number of fused-ring (bicyclic) bond motifs is 1. The zero-order valence-electron chi connectivity index (χ0n) is 8.71. The highest BCUT2D eigenvalue weighted by Crippen LogP contribution is 2.32. The number of aromatic hydroxyl groups is 1. The molecule has 5 nitrogen and oxygen atoms in total. The summed E-state index contributed by atoms with van der Waals surface area (Å²) in [6, 6.07) is 4.83. The Labute approximate surface area is 100 Å². The largest absolute Gasteiger partial charge is 0.508 e. The van der Waals surface area contributed by atoms with E-state index in [0.717, 1.165) is 10.2 Å². The number of carbonyl (C=O) groups excluding carboxylic acids is 2. The van der Waals surface area contributed by atoms with E-state index in [-0.39, 0.29) is 30.4 Å². The number of aromatic nitrogens is 1. The van der Waals surface area contributed by atoms with Crippen LogP contribution in [0.3, 0.4) is 0 Å². The first-order chi connectivity index (χ1) is 8.13. The number of nitrogens with zero attached hydrogens (tertiary/aromatic N) is 2. The van der Waals surface area contributed by atoms with Crippen molar-refractivity contribution in [2.24, 2.45) is 0 Å². The van der Waals surface area contributed by atoms with Crippen molar-refractivity contribution < 1.29 is 14.7 Å². The van der Waals surface area contributed by atoms with Crippen LogP contribution in [0.2, 0.25) is 0 Å². The predicted molar refractivity (Wildman–Crippen MR) is 63.3 cm³/mol. The first-order valence-electron chi connectivity index (χ1n) is 5.05. The van der Waals surface area contributed by atoms with Crippen molar-refractivity contribution in [2.75, 3.05) is 11.4 Å². The van der Waals surface area contributed by atoms with Gasteiger partial charge < -0.3 is 5.11 Å². The molecule has 1 fully saturated rings. The van der Waals surface area contributed by atoms with Gasteiger partial charge >= 0.3 is 0 Å². The van der Waals surface area contributed by atoms with Gasteiger partial charge in [-0.15, -0.1) is 0 Å². The van der Waals surface area contributed by atoms with E-state index in [2.05, 4.69) is 4.98 Å². The third-order valence-electron chi connectivity index (χ3n) is 2.58. The van der Waals surface area contributed by atoms with Crippen LogP contribution in [0.5, 0.6) is 5.75 Å². The number of hydrogen-bond donors (Lipinski definition) is 1. The van der Waals surface area contributed by atoms with Crippen molar-refractivity contribution in [1.29, 1.82) is 0 Å². The summed E-state index contributed by atoms with van der Waals surface area (Å²) in [5.74, 6) is -0.132. The zero-order valence-corrected chi connectivity index (χ0v) is 9.53. The van der Waals surface area contributed by atoms with Crippen LogP contribution in [0.1, 0.15) is 6.42 Å². The summed E-state index contributed by atoms with van der Waals surface area (Å²) in [6.45, 7) is 0.102. The van der Waals surface area contributed by atoms with Crippen LogP contribution in [-0.2, 0) is 9.59 Å². The molecule has 0 saturated carbocycles. The van der Waals surface area contributed by atoms with Gasteiger partial charge in [0.2, 0.25) is 5.91 Å². The number of anilines is 1. The molecule has 2 heterocycles. The highest BCUT2D eigenvalue weighted by atomic mass is 32.1. The highest BCUT2D eigenvalue weighted by Gasteiger charge is 2.30. The van der Waals surface area contributed by atoms with Gasteiger partial charge in [0, 0.05) is 0 Å². The summed E-state index contributed by atoms with van der Waals surface area (Å²) in [5.41, 5.74) is 0.718. The quantitative estimate of drug-likeness (QED) is 0.772. The van der Waals surface area contributed by atoms with Gasteiger partial charge in [-0.2, -0.15) is 0 Å². The van der Waals surface area contributed by atoms with Gasteiger partial charge in [0.15, 0.2) is 10.9 Å². The molecule has 1 amide bonds. The molecule has 1 saturated heterocycles. The van der Waals surface area contributed by atoms with Crippen LogP contribution >= 0.6 is 11.3 Å². The average molecular weight is 248 g/mol. The van der Waals surface area contributed by atoms with Crippen molar-refractivity contribution in [3.63, 3.8) is 0 Å². The van der Waals surface area contributed by atoms with E-state index >= 15 is 0 Å². The summed E-state index contributed by atoms with van der Waals surface area (Å²) in [6.07, 6.45) is -0.0405. The van der Waals surface area contributed by atoms with E-state index in [1.807, 2.05) is 0 Å². The lowest BCUT2D eigenvalue weighted by Crippen LogP contribution is -2.24. The van der Waals surface area contributed by atoms with Gasteiger partial charge in [0.05, 0.1) is 23.2 Å². The molecule has 17 heavy (non-hydrogen) atoms. The van der Waals surface area contributed by atoms with Gasteiger partial charge in [0.25, 0.3) is 0 Å². The fourth-order valence-electron chi connectivity index (χ4n) is 1.78. The highest BCUT2D eigenvalue weighted by molar-refractivity contribution is 7.22. The van der Waals surface area contributed by atoms with Crippen LogP contribution in [0.25, 0.3) is 10.2 Å². The standard InChI is InChI=1S/C11H8N2O3S/c14-6-1-2-8-9(3-6)17-11(12-8)13-5-7(15)4-10(13)16/h1-3,14H,4-5H2. The molecule has 1 aliphatic heterocycles. The van der Waals surface area contributed by atoms with E-state index < -0.39 is 0 Å². The lowest BCUT2D eigenvalue weighted by atomic mass is 10.3. The molecule has 86 valence electrons. The van der Waals surface area contributed by atoms with Gasteiger partial charge in [-0.3, -0.25) is 14.5 Å². The molecule has 0 spiro atoms. The number of carbonyl (C=O) groups is 2. The van der Waals surface area contributed by atoms with Crippen molar-refractivity contribution in [3.05, 3.63) is 18.2 Å².